The number of hydrogen-bond acceptors (Lipinski definition) is 3. The fraction of sp³-hybridized carbons (Fsp3) is 0.562. The molecule has 0 aliphatic rings. The molecule has 0 saturated heterocycles. The van der Waals surface area contributed by atoms with Crippen LogP contribution < -0.4 is 15.8 Å². The molecular weight excluding hydrogens is 288 g/mol. The van der Waals surface area contributed by atoms with E-state index in [0.717, 1.165) is 24.2 Å². The Balaban J connectivity index is 0.00000400. The van der Waals surface area contributed by atoms with E-state index >= 15 is 0 Å². The molecule has 0 fully saturated rings. The summed E-state index contributed by atoms with van der Waals surface area (Å²) in [4.78, 5) is 12.2. The van der Waals surface area contributed by atoms with Crippen molar-refractivity contribution in [2.75, 3.05) is 13.7 Å². The molecule has 21 heavy (non-hydrogen) atoms. The number of hydrogen-bond donors (Lipinski definition) is 2. The number of carbonyl (C=O) groups is 1. The van der Waals surface area contributed by atoms with Crippen molar-refractivity contribution in [2.24, 2.45) is 5.73 Å². The van der Waals surface area contributed by atoms with E-state index in [1.807, 2.05) is 45.0 Å². The third-order valence-corrected chi connectivity index (χ3v) is 4.01. The van der Waals surface area contributed by atoms with Crippen LogP contribution in [0.5, 0.6) is 5.75 Å². The number of nitrogens with two attached hydrogens (primary N) is 1. The van der Waals surface area contributed by atoms with E-state index in [2.05, 4.69) is 5.32 Å². The van der Waals surface area contributed by atoms with Gasteiger partial charge in [-0.3, -0.25) is 4.79 Å². The molecule has 1 aromatic carbocycles. The third-order valence-electron chi connectivity index (χ3n) is 4.01. The van der Waals surface area contributed by atoms with Crippen LogP contribution in [-0.4, -0.2) is 25.1 Å². The average molecular weight is 315 g/mol. The van der Waals surface area contributed by atoms with E-state index < -0.39 is 0 Å². The van der Waals surface area contributed by atoms with Crippen molar-refractivity contribution in [3.05, 3.63) is 29.8 Å². The lowest BCUT2D eigenvalue weighted by molar-refractivity contribution is -0.122. The quantitative estimate of drug-likeness (QED) is 0.813. The Morgan fingerprint density at radius 3 is 2.52 bits per heavy atom. The zero-order chi connectivity index (χ0) is 15.2. The topological polar surface area (TPSA) is 64.3 Å². The molecule has 120 valence electrons. The van der Waals surface area contributed by atoms with Gasteiger partial charge in [-0.15, -0.1) is 12.4 Å². The summed E-state index contributed by atoms with van der Waals surface area (Å²) >= 11 is 0. The Hall–Kier alpha value is -1.26. The first-order chi connectivity index (χ1) is 9.45. The van der Waals surface area contributed by atoms with Crippen LogP contribution in [0.25, 0.3) is 0 Å². The lowest BCUT2D eigenvalue weighted by atomic mass is 9.93. The number of nitrogens with one attached hydrogen (secondary N) is 1. The molecule has 0 bridgehead atoms. The molecule has 1 unspecified atom stereocenters. The summed E-state index contributed by atoms with van der Waals surface area (Å²) in [5.74, 6) is 0.537. The van der Waals surface area contributed by atoms with Gasteiger partial charge in [-0.2, -0.15) is 0 Å². The van der Waals surface area contributed by atoms with Crippen molar-refractivity contribution < 1.29 is 9.53 Å². The first kappa shape index (κ1) is 19.7. The van der Waals surface area contributed by atoms with Gasteiger partial charge in [0.1, 0.15) is 5.75 Å². The molecule has 0 radical (unpaired) electrons. The molecule has 0 spiro atoms. The number of halogens is 1. The van der Waals surface area contributed by atoms with E-state index in [9.17, 15) is 4.79 Å². The van der Waals surface area contributed by atoms with Crippen molar-refractivity contribution in [1.82, 2.24) is 5.32 Å². The SMILES string of the molecule is CCC(N)(CC)CNC(=O)C(C)c1cccc(OC)c1.Cl. The Labute approximate surface area is 133 Å². The summed E-state index contributed by atoms with van der Waals surface area (Å²) in [5.41, 5.74) is 6.82. The molecule has 1 amide bonds. The van der Waals surface area contributed by atoms with Crippen molar-refractivity contribution in [3.8, 4) is 5.75 Å². The van der Waals surface area contributed by atoms with Crippen LogP contribution in [0.4, 0.5) is 0 Å². The van der Waals surface area contributed by atoms with Gasteiger partial charge < -0.3 is 15.8 Å². The van der Waals surface area contributed by atoms with Crippen molar-refractivity contribution >= 4 is 18.3 Å². The minimum atomic E-state index is -0.316. The number of ether oxygens (including phenoxy) is 1. The highest BCUT2D eigenvalue weighted by molar-refractivity contribution is 5.85. The first-order valence-corrected chi connectivity index (χ1v) is 7.16. The summed E-state index contributed by atoms with van der Waals surface area (Å²) in [5, 5.41) is 2.96. The van der Waals surface area contributed by atoms with E-state index in [4.69, 9.17) is 10.5 Å². The molecule has 3 N–H and O–H groups in total. The molecule has 1 aromatic rings. The van der Waals surface area contributed by atoms with Gasteiger partial charge in [0, 0.05) is 12.1 Å². The Morgan fingerprint density at radius 1 is 1.38 bits per heavy atom. The van der Waals surface area contributed by atoms with Crippen LogP contribution in [0.1, 0.15) is 45.1 Å². The normalized spacial score (nSPS) is 12.2. The summed E-state index contributed by atoms with van der Waals surface area (Å²) < 4.78 is 5.18. The van der Waals surface area contributed by atoms with Crippen molar-refractivity contribution in [1.29, 1.82) is 0 Å². The van der Waals surface area contributed by atoms with Crippen LogP contribution in [-0.2, 0) is 4.79 Å². The van der Waals surface area contributed by atoms with Gasteiger partial charge in [0.25, 0.3) is 0 Å². The van der Waals surface area contributed by atoms with Gasteiger partial charge >= 0.3 is 0 Å². The Morgan fingerprint density at radius 2 is 2.00 bits per heavy atom. The zero-order valence-electron chi connectivity index (χ0n) is 13.3. The van der Waals surface area contributed by atoms with E-state index in [1.165, 1.54) is 0 Å². The predicted molar refractivity (Wildman–Crippen MR) is 89.2 cm³/mol. The molecule has 1 atom stereocenters. The standard InChI is InChI=1S/C16H26N2O2.ClH/c1-5-16(17,6-2)11-18-15(19)12(3)13-8-7-9-14(10-13)20-4;/h7-10,12H,5-6,11,17H2,1-4H3,(H,18,19);1H. The molecule has 0 heterocycles. The molecule has 0 aliphatic heterocycles. The fourth-order valence-corrected chi connectivity index (χ4v) is 1.98. The zero-order valence-corrected chi connectivity index (χ0v) is 14.1. The smallest absolute Gasteiger partial charge is 0.227 e. The highest BCUT2D eigenvalue weighted by Crippen LogP contribution is 2.21. The van der Waals surface area contributed by atoms with Gasteiger partial charge in [0.2, 0.25) is 5.91 Å². The largest absolute Gasteiger partial charge is 0.497 e. The summed E-state index contributed by atoms with van der Waals surface area (Å²) in [6, 6.07) is 7.58. The lowest BCUT2D eigenvalue weighted by Crippen LogP contribution is -2.49. The van der Waals surface area contributed by atoms with Crippen LogP contribution in [0.15, 0.2) is 24.3 Å². The average Bonchev–Trinajstić information content (AvgIpc) is 2.51. The highest BCUT2D eigenvalue weighted by Gasteiger charge is 2.23. The molecular formula is C16H27ClN2O2. The van der Waals surface area contributed by atoms with Gasteiger partial charge in [-0.05, 0) is 37.5 Å². The van der Waals surface area contributed by atoms with Crippen LogP contribution in [0, 0.1) is 0 Å². The summed E-state index contributed by atoms with van der Waals surface area (Å²) in [7, 11) is 1.62. The minimum Gasteiger partial charge on any atom is -0.497 e. The maximum atomic E-state index is 12.2. The Bertz CT molecular complexity index is 448. The molecule has 0 saturated carbocycles. The number of carbonyl (C=O) groups excluding carboxylic acids is 1. The first-order valence-electron chi connectivity index (χ1n) is 7.16. The van der Waals surface area contributed by atoms with Crippen molar-refractivity contribution in [2.45, 2.75) is 45.1 Å². The number of benzene rings is 1. The molecule has 0 aliphatic carbocycles. The van der Waals surface area contributed by atoms with Crippen LogP contribution in [0.3, 0.4) is 0 Å². The minimum absolute atomic E-state index is 0. The van der Waals surface area contributed by atoms with Gasteiger partial charge in [0.15, 0.2) is 0 Å². The number of methoxy groups -OCH3 is 1. The second kappa shape index (κ2) is 8.90. The second-order valence-electron chi connectivity index (χ2n) is 5.29. The molecule has 0 aromatic heterocycles. The molecule has 1 rings (SSSR count). The number of rotatable bonds is 7. The van der Waals surface area contributed by atoms with E-state index in [-0.39, 0.29) is 29.8 Å². The van der Waals surface area contributed by atoms with Crippen LogP contribution >= 0.6 is 12.4 Å². The van der Waals surface area contributed by atoms with Crippen LogP contribution in [0.2, 0.25) is 0 Å². The Kier molecular flexibility index (Phi) is 8.37. The monoisotopic (exact) mass is 314 g/mol. The van der Waals surface area contributed by atoms with Gasteiger partial charge in [-0.1, -0.05) is 26.0 Å². The van der Waals surface area contributed by atoms with Crippen molar-refractivity contribution in [3.63, 3.8) is 0 Å². The lowest BCUT2D eigenvalue weighted by Gasteiger charge is -2.27. The summed E-state index contributed by atoms with van der Waals surface area (Å²) in [6.45, 7) is 6.48. The highest BCUT2D eigenvalue weighted by atomic mass is 35.5. The third kappa shape index (κ3) is 5.56. The van der Waals surface area contributed by atoms with E-state index in [1.54, 1.807) is 7.11 Å². The predicted octanol–water partition coefficient (Wildman–Crippen LogP) is 2.85. The van der Waals surface area contributed by atoms with E-state index in [0.29, 0.717) is 6.54 Å². The fourth-order valence-electron chi connectivity index (χ4n) is 1.98. The second-order valence-corrected chi connectivity index (χ2v) is 5.29. The number of amides is 1. The maximum absolute atomic E-state index is 12.2. The van der Waals surface area contributed by atoms with Gasteiger partial charge in [0.05, 0.1) is 13.0 Å². The molecule has 4 nitrogen and oxygen atoms in total. The molecule has 5 heteroatoms. The van der Waals surface area contributed by atoms with Gasteiger partial charge in [-0.25, -0.2) is 0 Å². The summed E-state index contributed by atoms with van der Waals surface area (Å²) in [6.07, 6.45) is 1.69. The maximum Gasteiger partial charge on any atom is 0.227 e.